The number of hydrogen-bond donors (Lipinski definition) is 1. The fraction of sp³-hybridized carbons (Fsp3) is 0.267. The Bertz CT molecular complexity index is 719. The Hall–Kier alpha value is -2.03. The van der Waals surface area contributed by atoms with E-state index in [1.165, 1.54) is 11.3 Å². The Balaban J connectivity index is 2.41. The first kappa shape index (κ1) is 14.4. The average Bonchev–Trinajstić information content (AvgIpc) is 2.77. The molecular weight excluding hydrogens is 272 g/mol. The quantitative estimate of drug-likeness (QED) is 0.873. The van der Waals surface area contributed by atoms with E-state index in [0.29, 0.717) is 13.1 Å². The second-order valence-electron chi connectivity index (χ2n) is 4.26. The summed E-state index contributed by atoms with van der Waals surface area (Å²) >= 11 is 1.20. The van der Waals surface area contributed by atoms with Gasteiger partial charge in [-0.25, -0.2) is 0 Å². The molecule has 104 valence electrons. The van der Waals surface area contributed by atoms with E-state index in [2.05, 4.69) is 11.8 Å². The van der Waals surface area contributed by atoms with Gasteiger partial charge in [-0.2, -0.15) is 0 Å². The minimum atomic E-state index is 0.0306. The molecule has 2 N–H and O–H groups in total. The molecule has 0 unspecified atom stereocenters. The third-order valence-corrected chi connectivity index (χ3v) is 3.80. The Labute approximate surface area is 121 Å². The minimum Gasteiger partial charge on any atom is -0.496 e. The van der Waals surface area contributed by atoms with Crippen molar-refractivity contribution in [1.29, 1.82) is 0 Å². The monoisotopic (exact) mass is 288 g/mol. The summed E-state index contributed by atoms with van der Waals surface area (Å²) in [5, 5.41) is 1.85. The third kappa shape index (κ3) is 3.10. The van der Waals surface area contributed by atoms with Crippen LogP contribution in [0.5, 0.6) is 5.75 Å². The smallest absolute Gasteiger partial charge is 0.307 e. The summed E-state index contributed by atoms with van der Waals surface area (Å²) in [6.45, 7) is 2.72. The average molecular weight is 288 g/mol. The van der Waals surface area contributed by atoms with Crippen LogP contribution in [0.2, 0.25) is 0 Å². The summed E-state index contributed by atoms with van der Waals surface area (Å²) in [6, 6.07) is 5.68. The molecule has 0 saturated carbocycles. The normalized spacial score (nSPS) is 9.95. The van der Waals surface area contributed by atoms with E-state index < -0.39 is 0 Å². The molecule has 5 heteroatoms. The molecule has 4 nitrogen and oxygen atoms in total. The van der Waals surface area contributed by atoms with Gasteiger partial charge in [0.2, 0.25) is 0 Å². The first-order valence-corrected chi connectivity index (χ1v) is 7.04. The zero-order valence-electron chi connectivity index (χ0n) is 11.5. The van der Waals surface area contributed by atoms with Crippen molar-refractivity contribution < 1.29 is 4.74 Å². The van der Waals surface area contributed by atoms with Crippen molar-refractivity contribution in [3.05, 3.63) is 50.1 Å². The van der Waals surface area contributed by atoms with Crippen LogP contribution in [0.25, 0.3) is 0 Å². The Morgan fingerprint density at radius 1 is 1.45 bits per heavy atom. The van der Waals surface area contributed by atoms with E-state index >= 15 is 0 Å². The van der Waals surface area contributed by atoms with Crippen molar-refractivity contribution in [3.8, 4) is 17.6 Å². The zero-order chi connectivity index (χ0) is 14.5. The van der Waals surface area contributed by atoms with E-state index in [-0.39, 0.29) is 4.87 Å². The third-order valence-electron chi connectivity index (χ3n) is 2.92. The fourth-order valence-electron chi connectivity index (χ4n) is 1.90. The standard InChI is InChI=1S/C15H16N2O2S/c1-11-10-20-15(18)17(11)9-13-8-12(4-3-7-16)5-6-14(13)19-2/h5-6,8,10H,7,9,16H2,1-2H3. The van der Waals surface area contributed by atoms with Crippen molar-refractivity contribution in [2.45, 2.75) is 13.5 Å². The SMILES string of the molecule is COc1ccc(C#CCN)cc1Cn1c(C)csc1=O. The van der Waals surface area contributed by atoms with Gasteiger partial charge in [0, 0.05) is 22.2 Å². The number of thiazole rings is 1. The van der Waals surface area contributed by atoms with Gasteiger partial charge in [-0.1, -0.05) is 23.2 Å². The van der Waals surface area contributed by atoms with Crippen molar-refractivity contribution >= 4 is 11.3 Å². The highest BCUT2D eigenvalue weighted by molar-refractivity contribution is 7.07. The molecule has 0 aliphatic rings. The van der Waals surface area contributed by atoms with Gasteiger partial charge in [0.15, 0.2) is 0 Å². The predicted octanol–water partition coefficient (Wildman–Crippen LogP) is 1.59. The molecule has 0 fully saturated rings. The molecule has 0 radical (unpaired) electrons. The summed E-state index contributed by atoms with van der Waals surface area (Å²) < 4.78 is 7.07. The van der Waals surface area contributed by atoms with Gasteiger partial charge in [0.1, 0.15) is 5.75 Å². The van der Waals surface area contributed by atoms with Crippen LogP contribution in [-0.2, 0) is 6.54 Å². The number of ether oxygens (including phenoxy) is 1. The number of benzene rings is 1. The minimum absolute atomic E-state index is 0.0306. The van der Waals surface area contributed by atoms with E-state index in [1.54, 1.807) is 11.7 Å². The topological polar surface area (TPSA) is 57.2 Å². The number of aryl methyl sites for hydroxylation is 1. The highest BCUT2D eigenvalue weighted by Crippen LogP contribution is 2.21. The molecule has 2 rings (SSSR count). The van der Waals surface area contributed by atoms with Crippen molar-refractivity contribution in [2.24, 2.45) is 5.73 Å². The molecular formula is C15H16N2O2S. The first-order valence-electron chi connectivity index (χ1n) is 6.16. The summed E-state index contributed by atoms with van der Waals surface area (Å²) in [7, 11) is 1.62. The van der Waals surface area contributed by atoms with Gasteiger partial charge >= 0.3 is 4.87 Å². The van der Waals surface area contributed by atoms with Crippen molar-refractivity contribution in [2.75, 3.05) is 13.7 Å². The maximum absolute atomic E-state index is 11.8. The second-order valence-corrected chi connectivity index (χ2v) is 5.08. The molecule has 0 spiro atoms. The van der Waals surface area contributed by atoms with Crippen LogP contribution in [0.4, 0.5) is 0 Å². The Morgan fingerprint density at radius 3 is 2.85 bits per heavy atom. The van der Waals surface area contributed by atoms with Crippen LogP contribution >= 0.6 is 11.3 Å². The highest BCUT2D eigenvalue weighted by atomic mass is 32.1. The van der Waals surface area contributed by atoms with Gasteiger partial charge in [0.25, 0.3) is 0 Å². The molecule has 0 aliphatic carbocycles. The largest absolute Gasteiger partial charge is 0.496 e. The lowest BCUT2D eigenvalue weighted by Crippen LogP contribution is -2.15. The lowest BCUT2D eigenvalue weighted by Gasteiger charge is -2.10. The van der Waals surface area contributed by atoms with Crippen molar-refractivity contribution in [1.82, 2.24) is 4.57 Å². The van der Waals surface area contributed by atoms with E-state index in [4.69, 9.17) is 10.5 Å². The first-order chi connectivity index (χ1) is 9.65. The Morgan fingerprint density at radius 2 is 2.25 bits per heavy atom. The molecule has 0 aliphatic heterocycles. The van der Waals surface area contributed by atoms with E-state index in [0.717, 1.165) is 22.6 Å². The highest BCUT2D eigenvalue weighted by Gasteiger charge is 2.08. The van der Waals surface area contributed by atoms with Gasteiger partial charge in [-0.3, -0.25) is 9.36 Å². The van der Waals surface area contributed by atoms with Gasteiger partial charge < -0.3 is 10.5 Å². The van der Waals surface area contributed by atoms with Crippen LogP contribution in [0.15, 0.2) is 28.4 Å². The van der Waals surface area contributed by atoms with Gasteiger partial charge in [-0.05, 0) is 25.1 Å². The molecule has 0 saturated heterocycles. The zero-order valence-corrected chi connectivity index (χ0v) is 12.3. The number of methoxy groups -OCH3 is 1. The maximum Gasteiger partial charge on any atom is 0.307 e. The maximum atomic E-state index is 11.8. The molecule has 1 aromatic heterocycles. The lowest BCUT2D eigenvalue weighted by atomic mass is 10.1. The van der Waals surface area contributed by atoms with Crippen LogP contribution in [0.1, 0.15) is 16.8 Å². The van der Waals surface area contributed by atoms with Crippen molar-refractivity contribution in [3.63, 3.8) is 0 Å². The van der Waals surface area contributed by atoms with Gasteiger partial charge in [0.05, 0.1) is 20.2 Å². The number of nitrogens with zero attached hydrogens (tertiary/aromatic N) is 1. The van der Waals surface area contributed by atoms with E-state index in [1.807, 2.05) is 30.5 Å². The Kier molecular flexibility index (Phi) is 4.61. The lowest BCUT2D eigenvalue weighted by molar-refractivity contribution is 0.408. The van der Waals surface area contributed by atoms with Gasteiger partial charge in [-0.15, -0.1) is 0 Å². The number of aromatic nitrogens is 1. The summed E-state index contributed by atoms with van der Waals surface area (Å²) in [5.74, 6) is 6.56. The molecule has 20 heavy (non-hydrogen) atoms. The predicted molar refractivity (Wildman–Crippen MR) is 81.3 cm³/mol. The molecule has 2 aromatic rings. The number of rotatable bonds is 3. The molecule has 1 heterocycles. The van der Waals surface area contributed by atoms with Crippen LogP contribution in [0.3, 0.4) is 0 Å². The molecule has 1 aromatic carbocycles. The number of hydrogen-bond acceptors (Lipinski definition) is 4. The molecule has 0 amide bonds. The summed E-state index contributed by atoms with van der Waals surface area (Å²) in [6.07, 6.45) is 0. The fourth-order valence-corrected chi connectivity index (χ4v) is 2.63. The number of nitrogens with two attached hydrogens (primary N) is 1. The van der Waals surface area contributed by atoms with Crippen LogP contribution in [-0.4, -0.2) is 18.2 Å². The second kappa shape index (κ2) is 6.42. The van der Waals surface area contributed by atoms with E-state index in [9.17, 15) is 4.79 Å². The molecule has 0 bridgehead atoms. The summed E-state index contributed by atoms with van der Waals surface area (Å²) in [4.78, 5) is 11.8. The molecule has 0 atom stereocenters. The van der Waals surface area contributed by atoms with Crippen LogP contribution in [0, 0.1) is 18.8 Å². The summed E-state index contributed by atoms with van der Waals surface area (Å²) in [5.41, 5.74) is 8.12. The van der Waals surface area contributed by atoms with Crippen LogP contribution < -0.4 is 15.3 Å².